The average Bonchev–Trinajstić information content (AvgIpc) is 2.81. The van der Waals surface area contributed by atoms with Crippen LogP contribution in [0, 0.1) is 0 Å². The fourth-order valence-corrected chi connectivity index (χ4v) is 1.56. The van der Waals surface area contributed by atoms with Crippen molar-refractivity contribution in [2.24, 2.45) is 0 Å². The van der Waals surface area contributed by atoms with Gasteiger partial charge in [0.25, 0.3) is 5.91 Å². The Morgan fingerprint density at radius 2 is 2.24 bits per heavy atom. The second kappa shape index (κ2) is 5.49. The van der Waals surface area contributed by atoms with E-state index in [1.165, 1.54) is 6.26 Å². The number of nitrogens with zero attached hydrogens (tertiary/aromatic N) is 1. The Morgan fingerprint density at radius 3 is 2.94 bits per heavy atom. The van der Waals surface area contributed by atoms with E-state index in [4.69, 9.17) is 4.74 Å². The quantitative estimate of drug-likeness (QED) is 0.941. The van der Waals surface area contributed by atoms with Gasteiger partial charge in [0, 0.05) is 6.07 Å². The molecule has 0 fully saturated rings. The molecule has 0 aliphatic heterocycles. The number of rotatable bonds is 4. The summed E-state index contributed by atoms with van der Waals surface area (Å²) in [5, 5.41) is 6.08. The molecule has 0 saturated carbocycles. The van der Waals surface area contributed by atoms with E-state index in [0.29, 0.717) is 11.6 Å². The molecule has 2 aromatic rings. The monoisotopic (exact) mass is 296 g/mol. The van der Waals surface area contributed by atoms with Crippen LogP contribution >= 0.6 is 15.9 Å². The molecule has 2 rings (SSSR count). The molecular formula is C11H9BrN2O3. The van der Waals surface area contributed by atoms with E-state index in [0.717, 1.165) is 4.47 Å². The SMILES string of the molecule is O=C(COc1ccccc1Br)Nc1ccon1. The van der Waals surface area contributed by atoms with Gasteiger partial charge in [0.2, 0.25) is 0 Å². The first-order valence-electron chi connectivity index (χ1n) is 4.83. The predicted octanol–water partition coefficient (Wildman–Crippen LogP) is 2.45. The maximum Gasteiger partial charge on any atom is 0.263 e. The van der Waals surface area contributed by atoms with Crippen molar-refractivity contribution in [3.8, 4) is 5.75 Å². The standard InChI is InChI=1S/C11H9BrN2O3/c12-8-3-1-2-4-9(8)16-7-11(15)13-10-5-6-17-14-10/h1-6H,7H2,(H,13,14,15). The van der Waals surface area contributed by atoms with Crippen LogP contribution in [0.25, 0.3) is 0 Å². The summed E-state index contributed by atoms with van der Waals surface area (Å²) in [6, 6.07) is 8.86. The van der Waals surface area contributed by atoms with Gasteiger partial charge in [-0.2, -0.15) is 0 Å². The number of carbonyl (C=O) groups is 1. The minimum absolute atomic E-state index is 0.0878. The van der Waals surface area contributed by atoms with Crippen molar-refractivity contribution in [2.45, 2.75) is 0 Å². The highest BCUT2D eigenvalue weighted by Crippen LogP contribution is 2.23. The predicted molar refractivity (Wildman–Crippen MR) is 64.8 cm³/mol. The largest absolute Gasteiger partial charge is 0.483 e. The number of hydrogen-bond donors (Lipinski definition) is 1. The lowest BCUT2D eigenvalue weighted by Gasteiger charge is -2.06. The van der Waals surface area contributed by atoms with Crippen molar-refractivity contribution in [3.63, 3.8) is 0 Å². The Balaban J connectivity index is 1.86. The van der Waals surface area contributed by atoms with Gasteiger partial charge in [0.05, 0.1) is 4.47 Å². The normalized spacial score (nSPS) is 9.94. The van der Waals surface area contributed by atoms with Crippen LogP contribution in [0.2, 0.25) is 0 Å². The number of amides is 1. The van der Waals surface area contributed by atoms with Gasteiger partial charge in [-0.05, 0) is 28.1 Å². The van der Waals surface area contributed by atoms with E-state index in [9.17, 15) is 4.79 Å². The van der Waals surface area contributed by atoms with Gasteiger partial charge in [0.15, 0.2) is 12.4 Å². The number of ether oxygens (including phenoxy) is 1. The number of anilines is 1. The fraction of sp³-hybridized carbons (Fsp3) is 0.0909. The third kappa shape index (κ3) is 3.32. The van der Waals surface area contributed by atoms with Crippen LogP contribution in [0.3, 0.4) is 0 Å². The number of hydrogen-bond acceptors (Lipinski definition) is 4. The Kier molecular flexibility index (Phi) is 3.77. The zero-order chi connectivity index (χ0) is 12.1. The summed E-state index contributed by atoms with van der Waals surface area (Å²) >= 11 is 3.32. The third-order valence-corrected chi connectivity index (χ3v) is 2.56. The van der Waals surface area contributed by atoms with Gasteiger partial charge in [-0.1, -0.05) is 17.3 Å². The smallest absolute Gasteiger partial charge is 0.263 e. The summed E-state index contributed by atoms with van der Waals surface area (Å²) in [6.07, 6.45) is 1.38. The highest BCUT2D eigenvalue weighted by Gasteiger charge is 2.06. The van der Waals surface area contributed by atoms with Crippen molar-refractivity contribution in [3.05, 3.63) is 41.1 Å². The second-order valence-electron chi connectivity index (χ2n) is 3.15. The van der Waals surface area contributed by atoms with Gasteiger partial charge in [-0.15, -0.1) is 0 Å². The Labute approximate surface area is 106 Å². The number of carbonyl (C=O) groups excluding carboxylic acids is 1. The molecule has 1 heterocycles. The maximum absolute atomic E-state index is 11.5. The van der Waals surface area contributed by atoms with E-state index in [1.807, 2.05) is 18.2 Å². The molecule has 5 nitrogen and oxygen atoms in total. The van der Waals surface area contributed by atoms with Gasteiger partial charge >= 0.3 is 0 Å². The summed E-state index contributed by atoms with van der Waals surface area (Å²) in [7, 11) is 0. The van der Waals surface area contributed by atoms with Gasteiger partial charge in [0.1, 0.15) is 12.0 Å². The molecule has 88 valence electrons. The molecule has 1 aromatic heterocycles. The summed E-state index contributed by atoms with van der Waals surface area (Å²) in [5.41, 5.74) is 0. The Bertz CT molecular complexity index is 499. The number of aromatic nitrogens is 1. The van der Waals surface area contributed by atoms with E-state index in [-0.39, 0.29) is 12.5 Å². The van der Waals surface area contributed by atoms with Crippen molar-refractivity contribution >= 4 is 27.7 Å². The van der Waals surface area contributed by atoms with Crippen LogP contribution in [-0.2, 0) is 4.79 Å². The van der Waals surface area contributed by atoms with Crippen molar-refractivity contribution in [2.75, 3.05) is 11.9 Å². The first-order valence-corrected chi connectivity index (χ1v) is 5.62. The van der Waals surface area contributed by atoms with Crippen molar-refractivity contribution in [1.29, 1.82) is 0 Å². The number of halogens is 1. The maximum atomic E-state index is 11.5. The molecule has 0 spiro atoms. The Morgan fingerprint density at radius 1 is 1.41 bits per heavy atom. The Hall–Kier alpha value is -1.82. The zero-order valence-corrected chi connectivity index (χ0v) is 10.3. The van der Waals surface area contributed by atoms with E-state index in [1.54, 1.807) is 12.1 Å². The van der Waals surface area contributed by atoms with Crippen LogP contribution in [0.5, 0.6) is 5.75 Å². The van der Waals surface area contributed by atoms with E-state index >= 15 is 0 Å². The van der Waals surface area contributed by atoms with Crippen LogP contribution < -0.4 is 10.1 Å². The molecular weight excluding hydrogens is 288 g/mol. The van der Waals surface area contributed by atoms with Crippen LogP contribution in [0.1, 0.15) is 0 Å². The minimum Gasteiger partial charge on any atom is -0.483 e. The molecule has 1 amide bonds. The minimum atomic E-state index is -0.297. The average molecular weight is 297 g/mol. The van der Waals surface area contributed by atoms with Gasteiger partial charge in [-0.25, -0.2) is 0 Å². The van der Waals surface area contributed by atoms with Crippen LogP contribution in [-0.4, -0.2) is 17.7 Å². The molecule has 0 radical (unpaired) electrons. The highest BCUT2D eigenvalue weighted by molar-refractivity contribution is 9.10. The third-order valence-electron chi connectivity index (χ3n) is 1.90. The lowest BCUT2D eigenvalue weighted by Crippen LogP contribution is -2.20. The van der Waals surface area contributed by atoms with E-state index < -0.39 is 0 Å². The molecule has 17 heavy (non-hydrogen) atoms. The first-order chi connectivity index (χ1) is 8.25. The van der Waals surface area contributed by atoms with Crippen LogP contribution in [0.15, 0.2) is 45.6 Å². The van der Waals surface area contributed by atoms with E-state index in [2.05, 4.69) is 30.9 Å². The van der Waals surface area contributed by atoms with Crippen molar-refractivity contribution in [1.82, 2.24) is 5.16 Å². The number of para-hydroxylation sites is 1. The first kappa shape index (κ1) is 11.7. The topological polar surface area (TPSA) is 64.4 Å². The zero-order valence-electron chi connectivity index (χ0n) is 8.72. The van der Waals surface area contributed by atoms with Gasteiger partial charge < -0.3 is 14.6 Å². The van der Waals surface area contributed by atoms with Crippen LogP contribution in [0.4, 0.5) is 5.82 Å². The molecule has 6 heteroatoms. The summed E-state index contributed by atoms with van der Waals surface area (Å²) in [4.78, 5) is 11.5. The molecule has 0 atom stereocenters. The molecule has 0 aliphatic carbocycles. The lowest BCUT2D eigenvalue weighted by atomic mass is 10.3. The summed E-state index contributed by atoms with van der Waals surface area (Å²) in [6.45, 7) is -0.0878. The summed E-state index contributed by atoms with van der Waals surface area (Å²) in [5.74, 6) is 0.684. The highest BCUT2D eigenvalue weighted by atomic mass is 79.9. The molecule has 1 N–H and O–H groups in total. The molecule has 0 unspecified atom stereocenters. The molecule has 0 aliphatic rings. The number of nitrogens with one attached hydrogen (secondary N) is 1. The number of benzene rings is 1. The van der Waals surface area contributed by atoms with Crippen molar-refractivity contribution < 1.29 is 14.1 Å². The summed E-state index contributed by atoms with van der Waals surface area (Å²) < 4.78 is 10.7. The lowest BCUT2D eigenvalue weighted by molar-refractivity contribution is -0.118. The molecule has 0 saturated heterocycles. The fourth-order valence-electron chi connectivity index (χ4n) is 1.16. The molecule has 1 aromatic carbocycles. The van der Waals surface area contributed by atoms with Gasteiger partial charge in [-0.3, -0.25) is 4.79 Å². The second-order valence-corrected chi connectivity index (χ2v) is 4.01. The molecule has 0 bridgehead atoms.